The van der Waals surface area contributed by atoms with E-state index in [2.05, 4.69) is 5.32 Å². The summed E-state index contributed by atoms with van der Waals surface area (Å²) in [4.78, 5) is 24.9. The molecule has 1 heterocycles. The minimum Gasteiger partial charge on any atom is -0.481 e. The van der Waals surface area contributed by atoms with E-state index in [-0.39, 0.29) is 25.0 Å². The first kappa shape index (κ1) is 16.9. The first-order valence-electron chi connectivity index (χ1n) is 7.06. The number of carbonyl (C=O) groups is 2. The molecule has 1 aliphatic rings. The van der Waals surface area contributed by atoms with Gasteiger partial charge in [0, 0.05) is 29.7 Å². The molecule has 0 bridgehead atoms. The van der Waals surface area contributed by atoms with Crippen LogP contribution in [0.25, 0.3) is 0 Å². The maximum Gasteiger partial charge on any atom is 0.317 e. The number of piperidine rings is 1. The van der Waals surface area contributed by atoms with Gasteiger partial charge >= 0.3 is 12.0 Å². The number of hydrogen-bond donors (Lipinski definition) is 2. The Morgan fingerprint density at radius 1 is 1.36 bits per heavy atom. The van der Waals surface area contributed by atoms with Gasteiger partial charge in [-0.2, -0.15) is 0 Å². The third kappa shape index (κ3) is 4.27. The van der Waals surface area contributed by atoms with Crippen LogP contribution in [0.4, 0.5) is 4.79 Å². The van der Waals surface area contributed by atoms with Gasteiger partial charge in [0.1, 0.15) is 0 Å². The fourth-order valence-corrected chi connectivity index (χ4v) is 3.12. The number of rotatable bonds is 3. The Morgan fingerprint density at radius 3 is 2.73 bits per heavy atom. The van der Waals surface area contributed by atoms with Crippen molar-refractivity contribution in [2.45, 2.75) is 19.9 Å². The van der Waals surface area contributed by atoms with Gasteiger partial charge < -0.3 is 15.3 Å². The molecule has 2 N–H and O–H groups in total. The molecule has 1 aliphatic heterocycles. The average molecular weight is 345 g/mol. The smallest absolute Gasteiger partial charge is 0.317 e. The fourth-order valence-electron chi connectivity index (χ4n) is 2.64. The third-order valence-corrected chi connectivity index (χ3v) is 4.33. The van der Waals surface area contributed by atoms with Gasteiger partial charge in [-0.05, 0) is 30.0 Å². The van der Waals surface area contributed by atoms with Crippen molar-refractivity contribution in [2.75, 3.05) is 13.1 Å². The van der Waals surface area contributed by atoms with Gasteiger partial charge in [0.2, 0.25) is 0 Å². The Hall–Kier alpha value is -1.46. The lowest BCUT2D eigenvalue weighted by molar-refractivity contribution is -0.143. The molecule has 0 radical (unpaired) electrons. The SMILES string of the molecule is CC1CC(C(=O)O)CN(C(=O)NCc2ccc(Cl)cc2Cl)C1. The summed E-state index contributed by atoms with van der Waals surface area (Å²) in [7, 11) is 0. The zero-order chi connectivity index (χ0) is 16.3. The fraction of sp³-hybridized carbons (Fsp3) is 0.467. The molecule has 2 amide bonds. The van der Waals surface area contributed by atoms with Gasteiger partial charge in [-0.1, -0.05) is 36.2 Å². The number of carboxylic acid groups (broad SMARTS) is 1. The Morgan fingerprint density at radius 2 is 2.09 bits per heavy atom. The number of hydrogen-bond acceptors (Lipinski definition) is 2. The van der Waals surface area contributed by atoms with Crippen molar-refractivity contribution in [1.29, 1.82) is 0 Å². The highest BCUT2D eigenvalue weighted by molar-refractivity contribution is 6.35. The van der Waals surface area contributed by atoms with Crippen LogP contribution in [0, 0.1) is 11.8 Å². The second kappa shape index (κ2) is 7.20. The van der Waals surface area contributed by atoms with E-state index < -0.39 is 11.9 Å². The molecule has 5 nitrogen and oxygen atoms in total. The molecule has 22 heavy (non-hydrogen) atoms. The number of amides is 2. The summed E-state index contributed by atoms with van der Waals surface area (Å²) >= 11 is 11.9. The molecule has 2 atom stereocenters. The molecular weight excluding hydrogens is 327 g/mol. The van der Waals surface area contributed by atoms with Crippen molar-refractivity contribution in [3.05, 3.63) is 33.8 Å². The van der Waals surface area contributed by atoms with Gasteiger partial charge in [-0.25, -0.2) is 4.79 Å². The molecule has 1 saturated heterocycles. The van der Waals surface area contributed by atoms with E-state index in [0.717, 1.165) is 5.56 Å². The van der Waals surface area contributed by atoms with Crippen LogP contribution in [0.2, 0.25) is 10.0 Å². The molecule has 0 spiro atoms. The highest BCUT2D eigenvalue weighted by Crippen LogP contribution is 2.23. The molecule has 120 valence electrons. The molecule has 0 aliphatic carbocycles. The first-order chi connectivity index (χ1) is 10.4. The summed E-state index contributed by atoms with van der Waals surface area (Å²) in [5, 5.41) is 12.9. The van der Waals surface area contributed by atoms with Gasteiger partial charge in [-0.15, -0.1) is 0 Å². The Bertz CT molecular complexity index is 580. The molecule has 1 aromatic rings. The first-order valence-corrected chi connectivity index (χ1v) is 7.82. The van der Waals surface area contributed by atoms with Crippen LogP contribution in [0.3, 0.4) is 0 Å². The molecule has 2 rings (SSSR count). The van der Waals surface area contributed by atoms with E-state index in [1.54, 1.807) is 23.1 Å². The van der Waals surface area contributed by atoms with E-state index in [1.807, 2.05) is 6.92 Å². The minimum atomic E-state index is -0.856. The number of carboxylic acids is 1. The van der Waals surface area contributed by atoms with Crippen LogP contribution in [-0.2, 0) is 11.3 Å². The van der Waals surface area contributed by atoms with Crippen molar-refractivity contribution >= 4 is 35.2 Å². The van der Waals surface area contributed by atoms with E-state index in [0.29, 0.717) is 23.0 Å². The van der Waals surface area contributed by atoms with Crippen LogP contribution in [0.15, 0.2) is 18.2 Å². The molecule has 1 fully saturated rings. The van der Waals surface area contributed by atoms with Crippen LogP contribution >= 0.6 is 23.2 Å². The summed E-state index contributed by atoms with van der Waals surface area (Å²) in [5.74, 6) is -1.20. The van der Waals surface area contributed by atoms with Crippen molar-refractivity contribution in [3.8, 4) is 0 Å². The van der Waals surface area contributed by atoms with Crippen molar-refractivity contribution in [2.24, 2.45) is 11.8 Å². The zero-order valence-electron chi connectivity index (χ0n) is 12.2. The van der Waals surface area contributed by atoms with Crippen LogP contribution < -0.4 is 5.32 Å². The number of urea groups is 1. The number of nitrogens with zero attached hydrogens (tertiary/aromatic N) is 1. The normalized spacial score (nSPS) is 21.5. The Labute approximate surface area is 139 Å². The highest BCUT2D eigenvalue weighted by atomic mass is 35.5. The third-order valence-electron chi connectivity index (χ3n) is 3.74. The van der Waals surface area contributed by atoms with Crippen LogP contribution in [-0.4, -0.2) is 35.1 Å². The maximum atomic E-state index is 12.2. The number of halogens is 2. The number of nitrogens with one attached hydrogen (secondary N) is 1. The molecule has 0 aromatic heterocycles. The minimum absolute atomic E-state index is 0.166. The summed E-state index contributed by atoms with van der Waals surface area (Å²) in [5.41, 5.74) is 0.763. The van der Waals surface area contributed by atoms with Crippen molar-refractivity contribution in [1.82, 2.24) is 10.2 Å². The summed E-state index contributed by atoms with van der Waals surface area (Å²) in [6, 6.07) is 4.81. The maximum absolute atomic E-state index is 12.2. The van der Waals surface area contributed by atoms with Crippen molar-refractivity contribution < 1.29 is 14.7 Å². The van der Waals surface area contributed by atoms with E-state index in [1.165, 1.54) is 0 Å². The quantitative estimate of drug-likeness (QED) is 0.884. The lowest BCUT2D eigenvalue weighted by atomic mass is 9.91. The number of benzene rings is 1. The number of carbonyl (C=O) groups excluding carboxylic acids is 1. The summed E-state index contributed by atoms with van der Waals surface area (Å²) in [6.45, 7) is 3.02. The monoisotopic (exact) mass is 344 g/mol. The second-order valence-corrected chi connectivity index (χ2v) is 6.52. The summed E-state index contributed by atoms with van der Waals surface area (Å²) in [6.07, 6.45) is 0.599. The molecular formula is C15H18Cl2N2O3. The Balaban J connectivity index is 1.95. The molecule has 1 aromatic carbocycles. The van der Waals surface area contributed by atoms with E-state index in [9.17, 15) is 9.59 Å². The standard InChI is InChI=1S/C15H18Cl2N2O3/c1-9-4-11(14(20)21)8-19(7-9)15(22)18-6-10-2-3-12(16)5-13(10)17/h2-3,5,9,11H,4,6-8H2,1H3,(H,18,22)(H,20,21). The van der Waals surface area contributed by atoms with Gasteiger partial charge in [0.05, 0.1) is 5.92 Å². The molecule has 2 unspecified atom stereocenters. The zero-order valence-corrected chi connectivity index (χ0v) is 13.7. The highest BCUT2D eigenvalue weighted by Gasteiger charge is 2.31. The molecule has 7 heteroatoms. The molecule has 0 saturated carbocycles. The number of aliphatic carboxylic acids is 1. The van der Waals surface area contributed by atoms with Gasteiger partial charge in [0.25, 0.3) is 0 Å². The van der Waals surface area contributed by atoms with Crippen LogP contribution in [0.1, 0.15) is 18.9 Å². The lowest BCUT2D eigenvalue weighted by Gasteiger charge is -2.34. The van der Waals surface area contributed by atoms with Crippen molar-refractivity contribution in [3.63, 3.8) is 0 Å². The largest absolute Gasteiger partial charge is 0.481 e. The summed E-state index contributed by atoms with van der Waals surface area (Å²) < 4.78 is 0. The Kier molecular flexibility index (Phi) is 5.53. The van der Waals surface area contributed by atoms with E-state index >= 15 is 0 Å². The van der Waals surface area contributed by atoms with Crippen LogP contribution in [0.5, 0.6) is 0 Å². The predicted molar refractivity (Wildman–Crippen MR) is 85.2 cm³/mol. The van der Waals surface area contributed by atoms with E-state index in [4.69, 9.17) is 28.3 Å². The number of likely N-dealkylation sites (tertiary alicyclic amines) is 1. The predicted octanol–water partition coefficient (Wildman–Crippen LogP) is 3.25. The average Bonchev–Trinajstić information content (AvgIpc) is 2.45. The van der Waals surface area contributed by atoms with Gasteiger partial charge in [0.15, 0.2) is 0 Å². The lowest BCUT2D eigenvalue weighted by Crippen LogP contribution is -2.49. The van der Waals surface area contributed by atoms with Gasteiger partial charge in [-0.3, -0.25) is 4.79 Å². The second-order valence-electron chi connectivity index (χ2n) is 5.68. The topological polar surface area (TPSA) is 69.6 Å².